The highest BCUT2D eigenvalue weighted by molar-refractivity contribution is 5.83. The Morgan fingerprint density at radius 1 is 1.13 bits per heavy atom. The number of hydrogen-bond acceptors (Lipinski definition) is 3. The third kappa shape index (κ3) is 2.27. The van der Waals surface area contributed by atoms with Crippen LogP contribution in [0.15, 0.2) is 30.5 Å². The molecule has 2 unspecified atom stereocenters. The van der Waals surface area contributed by atoms with E-state index in [1.54, 1.807) is 0 Å². The summed E-state index contributed by atoms with van der Waals surface area (Å²) in [5.74, 6) is 2.25. The number of piperidine rings is 1. The van der Waals surface area contributed by atoms with Gasteiger partial charge in [0.05, 0.1) is 0 Å². The summed E-state index contributed by atoms with van der Waals surface area (Å²) in [6, 6.07) is 9.62. The molecule has 1 fully saturated rings. The number of benzene rings is 1. The minimum Gasteiger partial charge on any atom is -0.361 e. The van der Waals surface area contributed by atoms with E-state index in [1.165, 1.54) is 35.7 Å². The van der Waals surface area contributed by atoms with E-state index in [0.717, 1.165) is 31.0 Å². The maximum atomic E-state index is 4.52. The van der Waals surface area contributed by atoms with Crippen LogP contribution >= 0.6 is 0 Å². The molecule has 0 radical (unpaired) electrons. The number of H-pyrrole nitrogens is 1. The van der Waals surface area contributed by atoms with Crippen LogP contribution in [0.1, 0.15) is 36.5 Å². The van der Waals surface area contributed by atoms with Crippen LogP contribution < -0.4 is 5.32 Å². The van der Waals surface area contributed by atoms with E-state index in [9.17, 15) is 0 Å². The van der Waals surface area contributed by atoms with E-state index in [1.807, 2.05) is 0 Å². The van der Waals surface area contributed by atoms with Crippen LogP contribution in [-0.4, -0.2) is 31.8 Å². The Morgan fingerprint density at radius 3 is 3.04 bits per heavy atom. The molecule has 3 aromatic rings. The molecule has 5 rings (SSSR count). The Bertz CT molecular complexity index is 846. The molecule has 5 heteroatoms. The van der Waals surface area contributed by atoms with Crippen molar-refractivity contribution in [1.82, 2.24) is 25.1 Å². The number of nitrogens with one attached hydrogen (secondary N) is 2. The molecule has 2 aliphatic heterocycles. The summed E-state index contributed by atoms with van der Waals surface area (Å²) < 4.78 is 2.37. The van der Waals surface area contributed by atoms with Crippen LogP contribution in [0.5, 0.6) is 0 Å². The molecule has 23 heavy (non-hydrogen) atoms. The van der Waals surface area contributed by atoms with Gasteiger partial charge in [0, 0.05) is 48.6 Å². The smallest absolute Gasteiger partial charge is 0.137 e. The van der Waals surface area contributed by atoms with Crippen molar-refractivity contribution in [3.63, 3.8) is 0 Å². The van der Waals surface area contributed by atoms with Gasteiger partial charge in [-0.25, -0.2) is 0 Å². The first-order valence-corrected chi connectivity index (χ1v) is 8.59. The monoisotopic (exact) mass is 307 g/mol. The van der Waals surface area contributed by atoms with Crippen molar-refractivity contribution in [1.29, 1.82) is 0 Å². The lowest BCUT2D eigenvalue weighted by atomic mass is 9.98. The number of aromatic nitrogens is 4. The summed E-state index contributed by atoms with van der Waals surface area (Å²) in [6.45, 7) is 1.01. The number of nitrogens with zero attached hydrogens (tertiary/aromatic N) is 3. The lowest BCUT2D eigenvalue weighted by Gasteiger charge is -2.27. The fourth-order valence-electron chi connectivity index (χ4n) is 4.17. The standard InChI is InChI=1S/C18H21N5/c1-2-7-16-15(6-1)12(10-19-16)8-17-21-22-18-9-13-4-3-5-14(20-13)11-23(17)18/h1-2,6-7,10,13-14,19-20H,3-5,8-9,11H2. The van der Waals surface area contributed by atoms with Crippen molar-refractivity contribution in [2.75, 3.05) is 0 Å². The highest BCUT2D eigenvalue weighted by Gasteiger charge is 2.29. The molecule has 2 aliphatic rings. The third-order valence-electron chi connectivity index (χ3n) is 5.34. The van der Waals surface area contributed by atoms with E-state index in [0.29, 0.717) is 12.1 Å². The Morgan fingerprint density at radius 2 is 2.04 bits per heavy atom. The summed E-state index contributed by atoms with van der Waals surface area (Å²) in [4.78, 5) is 3.36. The molecule has 2 aromatic heterocycles. The Kier molecular flexibility index (Phi) is 3.01. The third-order valence-corrected chi connectivity index (χ3v) is 5.34. The molecule has 0 saturated carbocycles. The average molecular weight is 307 g/mol. The quantitative estimate of drug-likeness (QED) is 0.764. The minimum atomic E-state index is 0.577. The van der Waals surface area contributed by atoms with Gasteiger partial charge in [-0.2, -0.15) is 0 Å². The molecule has 2 atom stereocenters. The van der Waals surface area contributed by atoms with Gasteiger partial charge in [0.15, 0.2) is 0 Å². The van der Waals surface area contributed by atoms with Crippen LogP contribution in [0.2, 0.25) is 0 Å². The van der Waals surface area contributed by atoms with Gasteiger partial charge in [0.25, 0.3) is 0 Å². The molecule has 2 bridgehead atoms. The van der Waals surface area contributed by atoms with Gasteiger partial charge in [-0.15, -0.1) is 10.2 Å². The Labute approximate surface area is 135 Å². The topological polar surface area (TPSA) is 58.5 Å². The second-order valence-electron chi connectivity index (χ2n) is 6.87. The molecule has 4 heterocycles. The van der Waals surface area contributed by atoms with E-state index in [-0.39, 0.29) is 0 Å². The molecule has 2 N–H and O–H groups in total. The predicted molar refractivity (Wildman–Crippen MR) is 89.4 cm³/mol. The predicted octanol–water partition coefficient (Wildman–Crippen LogP) is 2.42. The summed E-state index contributed by atoms with van der Waals surface area (Å²) in [5.41, 5.74) is 2.49. The lowest BCUT2D eigenvalue weighted by Crippen LogP contribution is -2.43. The fraction of sp³-hybridized carbons (Fsp3) is 0.444. The summed E-state index contributed by atoms with van der Waals surface area (Å²) in [7, 11) is 0. The average Bonchev–Trinajstić information content (AvgIpc) is 3.11. The van der Waals surface area contributed by atoms with E-state index < -0.39 is 0 Å². The molecular formula is C18H21N5. The zero-order chi connectivity index (χ0) is 15.2. The van der Waals surface area contributed by atoms with Crippen molar-refractivity contribution in [2.45, 2.75) is 50.7 Å². The van der Waals surface area contributed by atoms with Crippen LogP contribution in [0.4, 0.5) is 0 Å². The number of aromatic amines is 1. The highest BCUT2D eigenvalue weighted by atomic mass is 15.3. The zero-order valence-corrected chi connectivity index (χ0v) is 13.1. The zero-order valence-electron chi connectivity index (χ0n) is 13.1. The first-order valence-electron chi connectivity index (χ1n) is 8.59. The largest absolute Gasteiger partial charge is 0.361 e. The lowest BCUT2D eigenvalue weighted by molar-refractivity contribution is 0.313. The van der Waals surface area contributed by atoms with Crippen LogP contribution in [0.3, 0.4) is 0 Å². The molecule has 1 saturated heterocycles. The first-order chi connectivity index (χ1) is 11.4. The molecule has 0 aliphatic carbocycles. The van der Waals surface area contributed by atoms with Gasteiger partial charge in [-0.1, -0.05) is 24.6 Å². The van der Waals surface area contributed by atoms with Crippen molar-refractivity contribution >= 4 is 10.9 Å². The minimum absolute atomic E-state index is 0.577. The van der Waals surface area contributed by atoms with E-state index in [4.69, 9.17) is 0 Å². The number of hydrogen-bond donors (Lipinski definition) is 2. The molecule has 1 aromatic carbocycles. The maximum Gasteiger partial charge on any atom is 0.137 e. The summed E-state index contributed by atoms with van der Waals surface area (Å²) in [6.07, 6.45) is 7.82. The Hall–Kier alpha value is -2.14. The summed E-state index contributed by atoms with van der Waals surface area (Å²) >= 11 is 0. The van der Waals surface area contributed by atoms with Crippen LogP contribution in [0.25, 0.3) is 10.9 Å². The SMILES string of the molecule is c1ccc2c(Cc3nnc4n3CC3CCCC(C4)N3)c[nH]c2c1. The molecular weight excluding hydrogens is 286 g/mol. The molecule has 118 valence electrons. The van der Waals surface area contributed by atoms with Crippen molar-refractivity contribution < 1.29 is 0 Å². The van der Waals surface area contributed by atoms with Crippen LogP contribution in [-0.2, 0) is 19.4 Å². The van der Waals surface area contributed by atoms with Crippen molar-refractivity contribution in [2.24, 2.45) is 0 Å². The maximum absolute atomic E-state index is 4.52. The molecule has 0 spiro atoms. The van der Waals surface area contributed by atoms with Crippen molar-refractivity contribution in [3.05, 3.63) is 47.7 Å². The second kappa shape index (κ2) is 5.20. The first kappa shape index (κ1) is 13.3. The number of fused-ring (bicyclic) bond motifs is 4. The van der Waals surface area contributed by atoms with Crippen LogP contribution in [0, 0.1) is 0 Å². The van der Waals surface area contributed by atoms with Crippen molar-refractivity contribution in [3.8, 4) is 0 Å². The number of rotatable bonds is 2. The van der Waals surface area contributed by atoms with Gasteiger partial charge in [0.2, 0.25) is 0 Å². The fourth-order valence-corrected chi connectivity index (χ4v) is 4.17. The van der Waals surface area contributed by atoms with Gasteiger partial charge < -0.3 is 14.9 Å². The number of para-hydroxylation sites is 1. The van der Waals surface area contributed by atoms with E-state index in [2.05, 4.69) is 55.5 Å². The van der Waals surface area contributed by atoms with Gasteiger partial charge >= 0.3 is 0 Å². The van der Waals surface area contributed by atoms with Gasteiger partial charge in [0.1, 0.15) is 11.6 Å². The molecule has 5 nitrogen and oxygen atoms in total. The highest BCUT2D eigenvalue weighted by Crippen LogP contribution is 2.24. The Balaban J connectivity index is 1.50. The molecule has 0 amide bonds. The normalized spacial score (nSPS) is 23.7. The van der Waals surface area contributed by atoms with Gasteiger partial charge in [-0.05, 0) is 24.5 Å². The second-order valence-corrected chi connectivity index (χ2v) is 6.87. The van der Waals surface area contributed by atoms with Gasteiger partial charge in [-0.3, -0.25) is 0 Å². The summed E-state index contributed by atoms with van der Waals surface area (Å²) in [5, 5.41) is 14.1. The van der Waals surface area contributed by atoms with E-state index >= 15 is 0 Å².